The first kappa shape index (κ1) is 17.7. The van der Waals surface area contributed by atoms with Crippen LogP contribution in [0.15, 0.2) is 72.9 Å². The highest BCUT2D eigenvalue weighted by Crippen LogP contribution is 2.34. The maximum atomic E-state index is 6.04. The molecule has 0 fully saturated rings. The molecule has 5 rings (SSSR count). The minimum Gasteiger partial charge on any atom is -0.496 e. The largest absolute Gasteiger partial charge is 0.496 e. The first-order chi connectivity index (χ1) is 14.2. The van der Waals surface area contributed by atoms with E-state index in [1.807, 2.05) is 18.2 Å². The van der Waals surface area contributed by atoms with Gasteiger partial charge in [-0.25, -0.2) is 0 Å². The number of hydrogen-bond donors (Lipinski definition) is 0. The number of hydrogen-bond acceptors (Lipinski definition) is 2. The minimum absolute atomic E-state index is 0.592. The zero-order valence-electron chi connectivity index (χ0n) is 16.8. The number of fused-ring (bicyclic) bond motifs is 4. The van der Waals surface area contributed by atoms with Crippen molar-refractivity contribution in [1.29, 1.82) is 0 Å². The van der Waals surface area contributed by atoms with E-state index in [9.17, 15) is 0 Å². The van der Waals surface area contributed by atoms with E-state index in [-0.39, 0.29) is 0 Å². The molecular formula is C26H24NO2+. The molecule has 4 aromatic rings. The first-order valence-corrected chi connectivity index (χ1v) is 10.0. The second-order valence-corrected chi connectivity index (χ2v) is 7.61. The standard InChI is InChI=1S/C26H24NO2/c1-18-8-9-20-15-25-23-11-10-22(29-17-19-6-4-3-5-7-19)14-21(23)12-13-27(25)16-24(20)26(18)28-2/h3-11,14-16H,12-13,17H2,1-2H3/q+1. The third-order valence-corrected chi connectivity index (χ3v) is 5.74. The molecule has 3 heteroatoms. The maximum absolute atomic E-state index is 6.04. The SMILES string of the molecule is COc1c(C)ccc2cc3[n+](cc12)CCc1cc(OCc2ccccc2)ccc1-3. The van der Waals surface area contributed by atoms with Crippen LogP contribution in [-0.4, -0.2) is 7.11 Å². The van der Waals surface area contributed by atoms with Crippen molar-refractivity contribution in [3.8, 4) is 22.8 Å². The number of benzene rings is 3. The van der Waals surface area contributed by atoms with Crippen molar-refractivity contribution in [2.24, 2.45) is 0 Å². The quantitative estimate of drug-likeness (QED) is 0.450. The van der Waals surface area contributed by atoms with Gasteiger partial charge in [-0.05, 0) is 47.2 Å². The van der Waals surface area contributed by atoms with Gasteiger partial charge in [-0.3, -0.25) is 0 Å². The molecule has 0 bridgehead atoms. The summed E-state index contributed by atoms with van der Waals surface area (Å²) in [6.45, 7) is 3.64. The van der Waals surface area contributed by atoms with Gasteiger partial charge in [0.05, 0.1) is 12.5 Å². The Bertz CT molecular complexity index is 1200. The van der Waals surface area contributed by atoms with Crippen molar-refractivity contribution in [3.63, 3.8) is 0 Å². The fraction of sp³-hybridized carbons (Fsp3) is 0.192. The number of rotatable bonds is 4. The lowest BCUT2D eigenvalue weighted by atomic mass is 9.95. The van der Waals surface area contributed by atoms with Crippen LogP contribution in [0.1, 0.15) is 16.7 Å². The lowest BCUT2D eigenvalue weighted by Gasteiger charge is -2.17. The van der Waals surface area contributed by atoms with Gasteiger partial charge < -0.3 is 9.47 Å². The Labute approximate surface area is 171 Å². The molecule has 0 radical (unpaired) electrons. The maximum Gasteiger partial charge on any atom is 0.213 e. The molecule has 0 N–H and O–H groups in total. The van der Waals surface area contributed by atoms with Crippen LogP contribution in [-0.2, 0) is 19.6 Å². The van der Waals surface area contributed by atoms with Gasteiger partial charge in [0, 0.05) is 18.1 Å². The second kappa shape index (κ2) is 7.25. The zero-order valence-corrected chi connectivity index (χ0v) is 16.8. The van der Waals surface area contributed by atoms with E-state index in [4.69, 9.17) is 9.47 Å². The monoisotopic (exact) mass is 382 g/mol. The number of aryl methyl sites for hydroxylation is 3. The van der Waals surface area contributed by atoms with E-state index < -0.39 is 0 Å². The van der Waals surface area contributed by atoms with E-state index in [0.717, 1.165) is 30.0 Å². The van der Waals surface area contributed by atoms with Crippen molar-refractivity contribution in [3.05, 3.63) is 89.6 Å². The van der Waals surface area contributed by atoms with Crippen LogP contribution in [0, 0.1) is 6.92 Å². The number of methoxy groups -OCH3 is 1. The predicted molar refractivity (Wildman–Crippen MR) is 115 cm³/mol. The first-order valence-electron chi connectivity index (χ1n) is 10.0. The van der Waals surface area contributed by atoms with Gasteiger partial charge in [0.15, 0.2) is 12.7 Å². The van der Waals surface area contributed by atoms with Crippen LogP contribution in [0.5, 0.6) is 11.5 Å². The molecule has 0 unspecified atom stereocenters. The highest BCUT2D eigenvalue weighted by Gasteiger charge is 2.25. The summed E-state index contributed by atoms with van der Waals surface area (Å²) in [7, 11) is 1.75. The molecule has 0 amide bonds. The molecule has 1 aliphatic rings. The summed E-state index contributed by atoms with van der Waals surface area (Å²) in [6.07, 6.45) is 3.23. The Hall–Kier alpha value is -3.33. The predicted octanol–water partition coefficient (Wildman–Crippen LogP) is 5.25. The molecule has 144 valence electrons. The fourth-order valence-corrected chi connectivity index (χ4v) is 4.23. The smallest absolute Gasteiger partial charge is 0.213 e. The summed E-state index contributed by atoms with van der Waals surface area (Å²) in [5.74, 6) is 1.90. The average Bonchev–Trinajstić information content (AvgIpc) is 2.77. The molecule has 0 atom stereocenters. The van der Waals surface area contributed by atoms with Gasteiger partial charge >= 0.3 is 0 Å². The third-order valence-electron chi connectivity index (χ3n) is 5.74. The van der Waals surface area contributed by atoms with E-state index in [1.54, 1.807) is 7.11 Å². The van der Waals surface area contributed by atoms with Crippen molar-refractivity contribution in [2.75, 3.05) is 7.11 Å². The fourth-order valence-electron chi connectivity index (χ4n) is 4.23. The minimum atomic E-state index is 0.592. The Morgan fingerprint density at radius 1 is 0.966 bits per heavy atom. The Morgan fingerprint density at radius 2 is 1.83 bits per heavy atom. The summed E-state index contributed by atoms with van der Waals surface area (Å²) >= 11 is 0. The molecule has 29 heavy (non-hydrogen) atoms. The summed E-state index contributed by atoms with van der Waals surface area (Å²) in [5, 5.41) is 2.37. The van der Waals surface area contributed by atoms with Gasteiger partial charge in [0.2, 0.25) is 5.69 Å². The van der Waals surface area contributed by atoms with Crippen molar-refractivity contribution in [2.45, 2.75) is 26.5 Å². The Morgan fingerprint density at radius 3 is 2.66 bits per heavy atom. The summed E-state index contributed by atoms with van der Waals surface area (Å²) in [4.78, 5) is 0. The van der Waals surface area contributed by atoms with Crippen LogP contribution in [0.2, 0.25) is 0 Å². The molecule has 1 aliphatic heterocycles. The Balaban J connectivity index is 1.50. The van der Waals surface area contributed by atoms with Gasteiger partial charge in [0.1, 0.15) is 18.1 Å². The summed E-state index contributed by atoms with van der Waals surface area (Å²) < 4.78 is 14.0. The zero-order chi connectivity index (χ0) is 19.8. The molecule has 0 aliphatic carbocycles. The molecule has 0 saturated heterocycles. The van der Waals surface area contributed by atoms with Crippen LogP contribution in [0.3, 0.4) is 0 Å². The molecule has 1 aromatic heterocycles. The van der Waals surface area contributed by atoms with Crippen LogP contribution in [0.4, 0.5) is 0 Å². The van der Waals surface area contributed by atoms with Gasteiger partial charge in [-0.1, -0.05) is 42.5 Å². The highest BCUT2D eigenvalue weighted by molar-refractivity contribution is 5.90. The summed E-state index contributed by atoms with van der Waals surface area (Å²) in [6, 6.07) is 23.3. The van der Waals surface area contributed by atoms with Crippen LogP contribution < -0.4 is 14.0 Å². The summed E-state index contributed by atoms with van der Waals surface area (Å²) in [5.41, 5.74) is 6.22. The number of pyridine rings is 1. The van der Waals surface area contributed by atoms with Crippen molar-refractivity contribution < 1.29 is 14.0 Å². The average molecular weight is 382 g/mol. The number of nitrogens with zero attached hydrogens (tertiary/aromatic N) is 1. The van der Waals surface area contributed by atoms with Crippen molar-refractivity contribution >= 4 is 10.8 Å². The van der Waals surface area contributed by atoms with Crippen LogP contribution >= 0.6 is 0 Å². The Kier molecular flexibility index (Phi) is 4.44. The molecule has 2 heterocycles. The van der Waals surface area contributed by atoms with Crippen LogP contribution in [0.25, 0.3) is 22.0 Å². The van der Waals surface area contributed by atoms with Gasteiger partial charge in [0.25, 0.3) is 0 Å². The molecule has 0 spiro atoms. The topological polar surface area (TPSA) is 22.3 Å². The van der Waals surface area contributed by atoms with Gasteiger partial charge in [-0.15, -0.1) is 0 Å². The van der Waals surface area contributed by atoms with Crippen molar-refractivity contribution in [1.82, 2.24) is 0 Å². The molecule has 3 nitrogen and oxygen atoms in total. The van der Waals surface area contributed by atoms with E-state index in [2.05, 4.69) is 66.2 Å². The lowest BCUT2D eigenvalue weighted by Crippen LogP contribution is -2.40. The molecule has 3 aromatic carbocycles. The highest BCUT2D eigenvalue weighted by atomic mass is 16.5. The van der Waals surface area contributed by atoms with E-state index in [1.165, 1.54) is 33.2 Å². The molecular weight excluding hydrogens is 358 g/mol. The second-order valence-electron chi connectivity index (χ2n) is 7.61. The number of ether oxygens (including phenoxy) is 2. The third kappa shape index (κ3) is 3.23. The molecule has 0 saturated carbocycles. The normalized spacial score (nSPS) is 12.3. The lowest BCUT2D eigenvalue weighted by molar-refractivity contribution is -0.686. The number of aromatic nitrogens is 1. The van der Waals surface area contributed by atoms with E-state index >= 15 is 0 Å². The van der Waals surface area contributed by atoms with E-state index in [0.29, 0.717) is 6.61 Å². The van der Waals surface area contributed by atoms with Gasteiger partial charge in [-0.2, -0.15) is 4.57 Å².